The van der Waals surface area contributed by atoms with Gasteiger partial charge in [-0.1, -0.05) is 16.8 Å². The summed E-state index contributed by atoms with van der Waals surface area (Å²) in [5.41, 5.74) is 6.60. The van der Waals surface area contributed by atoms with Gasteiger partial charge in [-0.15, -0.1) is 0 Å². The molecule has 1 heterocycles. The minimum atomic E-state index is -0.510. The van der Waals surface area contributed by atoms with Gasteiger partial charge in [-0.05, 0) is 6.07 Å². The number of hydrogen-bond donors (Lipinski definition) is 2. The molecule has 2 rings (SSSR count). The lowest BCUT2D eigenvalue weighted by Gasteiger charge is -2.09. The van der Waals surface area contributed by atoms with Crippen LogP contribution in [-0.2, 0) is 6.42 Å². The van der Waals surface area contributed by atoms with Crippen LogP contribution in [0.25, 0.3) is 0 Å². The summed E-state index contributed by atoms with van der Waals surface area (Å²) in [6.07, 6.45) is 0.557. The number of benzene rings is 1. The first-order chi connectivity index (χ1) is 8.56. The molecule has 2 aromatic rings. The molecule has 0 aliphatic heterocycles. The highest BCUT2D eigenvalue weighted by Crippen LogP contribution is 2.25. The number of anilines is 2. The van der Waals surface area contributed by atoms with Gasteiger partial charge in [-0.25, -0.2) is 4.39 Å². The normalized spacial score (nSPS) is 10.6. The largest absolute Gasteiger partial charge is 0.397 e. The monoisotopic (exact) mass is 270 g/mol. The predicted octanol–water partition coefficient (Wildman–Crippen LogP) is 2.41. The Morgan fingerprint density at radius 1 is 1.50 bits per heavy atom. The molecular formula is C11H12ClFN4O. The Hall–Kier alpha value is -1.82. The summed E-state index contributed by atoms with van der Waals surface area (Å²) in [5.74, 6) is 0.596. The molecule has 5 nitrogen and oxygen atoms in total. The van der Waals surface area contributed by atoms with Crippen LogP contribution in [0.5, 0.6) is 0 Å². The van der Waals surface area contributed by atoms with E-state index in [4.69, 9.17) is 21.9 Å². The Labute approximate surface area is 108 Å². The Kier molecular flexibility index (Phi) is 3.66. The number of aromatic nitrogens is 2. The van der Waals surface area contributed by atoms with Crippen molar-refractivity contribution in [1.82, 2.24) is 10.1 Å². The van der Waals surface area contributed by atoms with Crippen molar-refractivity contribution in [3.63, 3.8) is 0 Å². The van der Waals surface area contributed by atoms with Crippen molar-refractivity contribution in [3.05, 3.63) is 34.7 Å². The standard InChI is InChI=1S/C11H12ClFN4O/c1-6-16-11(17-18-6)2-3-15-10-5-8(13)7(12)4-9(10)14/h4-5,15H,2-3,14H2,1H3. The van der Waals surface area contributed by atoms with Crippen molar-refractivity contribution >= 4 is 23.0 Å². The Bertz CT molecular complexity index is 558. The first-order valence-electron chi connectivity index (χ1n) is 5.34. The summed E-state index contributed by atoms with van der Waals surface area (Å²) < 4.78 is 18.1. The van der Waals surface area contributed by atoms with Gasteiger partial charge in [-0.3, -0.25) is 0 Å². The first-order valence-corrected chi connectivity index (χ1v) is 5.71. The third-order valence-corrected chi connectivity index (χ3v) is 2.62. The van der Waals surface area contributed by atoms with Gasteiger partial charge in [0.15, 0.2) is 5.82 Å². The fourth-order valence-corrected chi connectivity index (χ4v) is 1.64. The van der Waals surface area contributed by atoms with E-state index in [1.165, 1.54) is 12.1 Å². The minimum absolute atomic E-state index is 0.00634. The molecule has 0 radical (unpaired) electrons. The third-order valence-electron chi connectivity index (χ3n) is 2.33. The van der Waals surface area contributed by atoms with E-state index in [9.17, 15) is 4.39 Å². The van der Waals surface area contributed by atoms with E-state index in [0.717, 1.165) is 0 Å². The number of nitrogens with one attached hydrogen (secondary N) is 1. The van der Waals surface area contributed by atoms with Crippen LogP contribution in [0.15, 0.2) is 16.7 Å². The van der Waals surface area contributed by atoms with Crippen molar-refractivity contribution in [1.29, 1.82) is 0 Å². The first kappa shape index (κ1) is 12.6. The fraction of sp³-hybridized carbons (Fsp3) is 0.273. The minimum Gasteiger partial charge on any atom is -0.397 e. The van der Waals surface area contributed by atoms with Gasteiger partial charge in [0.05, 0.1) is 16.4 Å². The second kappa shape index (κ2) is 5.22. The number of nitrogens with two attached hydrogens (primary N) is 1. The average molecular weight is 271 g/mol. The number of hydrogen-bond acceptors (Lipinski definition) is 5. The molecule has 0 aliphatic carbocycles. The topological polar surface area (TPSA) is 77.0 Å². The van der Waals surface area contributed by atoms with Crippen molar-refractivity contribution in [2.24, 2.45) is 0 Å². The number of halogens is 2. The number of rotatable bonds is 4. The van der Waals surface area contributed by atoms with E-state index in [1.54, 1.807) is 6.92 Å². The Morgan fingerprint density at radius 2 is 2.28 bits per heavy atom. The van der Waals surface area contributed by atoms with E-state index in [2.05, 4.69) is 15.5 Å². The zero-order valence-electron chi connectivity index (χ0n) is 9.70. The molecule has 0 amide bonds. The summed E-state index contributed by atoms with van der Waals surface area (Å²) in [6, 6.07) is 2.64. The van der Waals surface area contributed by atoms with Crippen LogP contribution in [0, 0.1) is 12.7 Å². The molecule has 96 valence electrons. The summed E-state index contributed by atoms with van der Waals surface area (Å²) in [6.45, 7) is 2.24. The van der Waals surface area contributed by atoms with Crippen molar-refractivity contribution in [3.8, 4) is 0 Å². The molecule has 0 unspecified atom stereocenters. The molecule has 0 saturated carbocycles. The molecule has 3 N–H and O–H groups in total. The van der Waals surface area contributed by atoms with Gasteiger partial charge in [-0.2, -0.15) is 4.98 Å². The van der Waals surface area contributed by atoms with E-state index in [1.807, 2.05) is 0 Å². The number of aryl methyl sites for hydroxylation is 1. The molecule has 7 heteroatoms. The average Bonchev–Trinajstić information content (AvgIpc) is 2.71. The van der Waals surface area contributed by atoms with Crippen molar-refractivity contribution < 1.29 is 8.91 Å². The number of nitrogens with zero attached hydrogens (tertiary/aromatic N) is 2. The van der Waals surface area contributed by atoms with Crippen LogP contribution >= 0.6 is 11.6 Å². The Balaban J connectivity index is 1.96. The fourth-order valence-electron chi connectivity index (χ4n) is 1.47. The molecular weight excluding hydrogens is 259 g/mol. The molecule has 0 bridgehead atoms. The van der Waals surface area contributed by atoms with E-state index in [-0.39, 0.29) is 5.02 Å². The van der Waals surface area contributed by atoms with Crippen LogP contribution in [0.2, 0.25) is 5.02 Å². The summed E-state index contributed by atoms with van der Waals surface area (Å²) >= 11 is 5.60. The van der Waals surface area contributed by atoms with E-state index >= 15 is 0 Å². The molecule has 1 aromatic heterocycles. The van der Waals surface area contributed by atoms with E-state index < -0.39 is 5.82 Å². The van der Waals surface area contributed by atoms with Gasteiger partial charge in [0.25, 0.3) is 0 Å². The third kappa shape index (κ3) is 2.89. The lowest BCUT2D eigenvalue weighted by Crippen LogP contribution is -2.08. The van der Waals surface area contributed by atoms with Gasteiger partial charge < -0.3 is 15.6 Å². The Morgan fingerprint density at radius 3 is 2.94 bits per heavy atom. The SMILES string of the molecule is Cc1nc(CCNc2cc(F)c(Cl)cc2N)no1. The van der Waals surface area contributed by atoms with Crippen molar-refractivity contribution in [2.45, 2.75) is 13.3 Å². The second-order valence-corrected chi connectivity index (χ2v) is 4.17. The highest BCUT2D eigenvalue weighted by molar-refractivity contribution is 6.31. The smallest absolute Gasteiger partial charge is 0.223 e. The zero-order chi connectivity index (χ0) is 13.1. The molecule has 18 heavy (non-hydrogen) atoms. The molecule has 0 atom stereocenters. The highest BCUT2D eigenvalue weighted by Gasteiger charge is 2.07. The molecule has 0 spiro atoms. The summed E-state index contributed by atoms with van der Waals surface area (Å²) in [7, 11) is 0. The van der Waals surface area contributed by atoms with Gasteiger partial charge in [0.2, 0.25) is 5.89 Å². The van der Waals surface area contributed by atoms with Crippen molar-refractivity contribution in [2.75, 3.05) is 17.6 Å². The van der Waals surface area contributed by atoms with Crippen LogP contribution in [0.3, 0.4) is 0 Å². The number of nitrogen functional groups attached to an aromatic ring is 1. The summed E-state index contributed by atoms with van der Waals surface area (Å²) in [5, 5.41) is 6.75. The maximum absolute atomic E-state index is 13.2. The van der Waals surface area contributed by atoms with E-state index in [0.29, 0.717) is 36.1 Å². The highest BCUT2D eigenvalue weighted by atomic mass is 35.5. The molecule has 0 saturated heterocycles. The van der Waals surface area contributed by atoms with Gasteiger partial charge >= 0.3 is 0 Å². The van der Waals surface area contributed by atoms with Gasteiger partial charge in [0, 0.05) is 26.0 Å². The van der Waals surface area contributed by atoms with Crippen LogP contribution in [0.4, 0.5) is 15.8 Å². The van der Waals surface area contributed by atoms with Gasteiger partial charge in [0.1, 0.15) is 5.82 Å². The zero-order valence-corrected chi connectivity index (χ0v) is 10.5. The van der Waals surface area contributed by atoms with Crippen LogP contribution in [-0.4, -0.2) is 16.7 Å². The maximum atomic E-state index is 13.2. The quantitative estimate of drug-likeness (QED) is 0.834. The van der Waals surface area contributed by atoms with Crippen LogP contribution < -0.4 is 11.1 Å². The summed E-state index contributed by atoms with van der Waals surface area (Å²) in [4.78, 5) is 4.05. The lowest BCUT2D eigenvalue weighted by atomic mass is 10.2. The van der Waals surface area contributed by atoms with Crippen LogP contribution in [0.1, 0.15) is 11.7 Å². The predicted molar refractivity (Wildman–Crippen MR) is 67.1 cm³/mol. The second-order valence-electron chi connectivity index (χ2n) is 3.76. The molecule has 0 fully saturated rings. The maximum Gasteiger partial charge on any atom is 0.223 e. The molecule has 0 aliphatic rings. The lowest BCUT2D eigenvalue weighted by molar-refractivity contribution is 0.387. The molecule has 1 aromatic carbocycles.